The molecule has 0 N–H and O–H groups in total. The van der Waals surface area contributed by atoms with Crippen LogP contribution in [-0.4, -0.2) is 0 Å². The van der Waals surface area contributed by atoms with Crippen LogP contribution in [0.5, 0.6) is 0 Å². The molecule has 0 aromatic carbocycles. The van der Waals surface area contributed by atoms with Crippen molar-refractivity contribution >= 4 is 0 Å². The van der Waals surface area contributed by atoms with Crippen molar-refractivity contribution in [2.24, 2.45) is 5.92 Å². The summed E-state index contributed by atoms with van der Waals surface area (Å²) in [5, 5.41) is 0. The first-order valence-electron chi connectivity index (χ1n) is 19.3. The van der Waals surface area contributed by atoms with Crippen LogP contribution in [0.4, 0.5) is 0 Å². The molecule has 0 heterocycles. The van der Waals surface area contributed by atoms with E-state index in [1.807, 2.05) is 27.7 Å². The quantitative estimate of drug-likeness (QED) is 0.0624. The van der Waals surface area contributed by atoms with Gasteiger partial charge in [0, 0.05) is 0 Å². The molecule has 0 nitrogen and oxygen atoms in total. The van der Waals surface area contributed by atoms with Gasteiger partial charge in [0.15, 0.2) is 0 Å². The van der Waals surface area contributed by atoms with E-state index in [1.165, 1.54) is 127 Å². The summed E-state index contributed by atoms with van der Waals surface area (Å²) in [4.78, 5) is 0. The molecule has 2 aliphatic rings. The fraction of sp³-hybridized carbons (Fsp3) is 0.652. The Kier molecular flexibility index (Phi) is 47.9. The molecule has 0 spiro atoms. The Morgan fingerprint density at radius 3 is 1.64 bits per heavy atom. The molecule has 0 amide bonds. The number of hydrogen-bond donors (Lipinski definition) is 0. The van der Waals surface area contributed by atoms with Crippen molar-refractivity contribution in [3.63, 3.8) is 0 Å². The summed E-state index contributed by atoms with van der Waals surface area (Å²) < 4.78 is 0. The van der Waals surface area contributed by atoms with Gasteiger partial charge in [-0.1, -0.05) is 124 Å². The van der Waals surface area contributed by atoms with E-state index in [9.17, 15) is 0 Å². The second-order valence-electron chi connectivity index (χ2n) is 12.9. The van der Waals surface area contributed by atoms with Gasteiger partial charge in [0.05, 0.1) is 0 Å². The molecule has 0 saturated carbocycles. The fourth-order valence-electron chi connectivity index (χ4n) is 5.59. The molecule has 0 bridgehead atoms. The molecule has 1 atom stereocenters. The van der Waals surface area contributed by atoms with E-state index in [4.69, 9.17) is 0 Å². The molecule has 0 radical (unpaired) electrons. The molecule has 2 aliphatic carbocycles. The maximum atomic E-state index is 3.93. The number of unbranched alkanes of at least 4 members (excludes halogenated alkanes) is 3. The summed E-state index contributed by atoms with van der Waals surface area (Å²) >= 11 is 0. The third-order valence-electron chi connectivity index (χ3n) is 8.32. The minimum absolute atomic E-state index is 0. The SMILES string of the molecule is C=C.CC.CC.CC(C)=CCC/C(C)=C/CCC1=CC[CH-]CC1.[CH2-]CCCCCC1CC=C(CC/C=C(\C)CCC=C(C)C)CC1.[K+]. The summed E-state index contributed by atoms with van der Waals surface area (Å²) in [5.41, 5.74) is 9.35. The smallest absolute Gasteiger partial charge is 0.343 e. The first kappa shape index (κ1) is 53.6. The maximum absolute atomic E-state index is 3.93. The van der Waals surface area contributed by atoms with Gasteiger partial charge in [-0.05, 0) is 118 Å². The van der Waals surface area contributed by atoms with E-state index in [1.54, 1.807) is 22.3 Å². The summed E-state index contributed by atoms with van der Waals surface area (Å²) in [7, 11) is 0. The van der Waals surface area contributed by atoms with Gasteiger partial charge in [-0.25, -0.2) is 0 Å². The minimum Gasteiger partial charge on any atom is -0.343 e. The summed E-state index contributed by atoms with van der Waals surface area (Å²) in [6.07, 6.45) is 41.3. The monoisotopic (exact) mass is 674 g/mol. The van der Waals surface area contributed by atoms with Crippen LogP contribution >= 0.6 is 0 Å². The molecule has 0 aliphatic heterocycles. The zero-order valence-electron chi connectivity index (χ0n) is 34.2. The van der Waals surface area contributed by atoms with Crippen molar-refractivity contribution in [2.75, 3.05) is 0 Å². The van der Waals surface area contributed by atoms with Crippen LogP contribution in [0.15, 0.2) is 83.1 Å². The second-order valence-corrected chi connectivity index (χ2v) is 12.9. The first-order chi connectivity index (χ1) is 22.3. The van der Waals surface area contributed by atoms with Crippen LogP contribution < -0.4 is 51.4 Å². The molecular weight excluding hydrogens is 592 g/mol. The Bertz CT molecular complexity index is 851. The van der Waals surface area contributed by atoms with Crippen LogP contribution in [-0.2, 0) is 0 Å². The normalized spacial score (nSPS) is 15.5. The molecule has 47 heavy (non-hydrogen) atoms. The maximum Gasteiger partial charge on any atom is 1.00 e. The van der Waals surface area contributed by atoms with Crippen LogP contribution in [0.3, 0.4) is 0 Å². The van der Waals surface area contributed by atoms with E-state index < -0.39 is 0 Å². The molecule has 268 valence electrons. The van der Waals surface area contributed by atoms with Gasteiger partial charge < -0.3 is 13.3 Å². The molecule has 1 heteroatoms. The minimum atomic E-state index is 0. The largest absolute Gasteiger partial charge is 1.00 e. The van der Waals surface area contributed by atoms with Gasteiger partial charge in [-0.3, -0.25) is 0 Å². The number of rotatable bonds is 17. The zero-order chi connectivity index (χ0) is 35.4. The number of allylic oxidation sites excluding steroid dienone is 12. The van der Waals surface area contributed by atoms with Crippen molar-refractivity contribution in [2.45, 2.75) is 191 Å². The molecule has 0 fully saturated rings. The molecule has 0 aromatic rings. The van der Waals surface area contributed by atoms with Crippen molar-refractivity contribution in [1.29, 1.82) is 0 Å². The fourth-order valence-corrected chi connectivity index (χ4v) is 5.59. The topological polar surface area (TPSA) is 0 Å². The summed E-state index contributed by atoms with van der Waals surface area (Å²) in [5.74, 6) is 0.963. The third-order valence-corrected chi connectivity index (χ3v) is 8.32. The van der Waals surface area contributed by atoms with Gasteiger partial charge in [-0.15, -0.1) is 19.2 Å². The van der Waals surface area contributed by atoms with E-state index in [-0.39, 0.29) is 51.4 Å². The van der Waals surface area contributed by atoms with Gasteiger partial charge in [0.25, 0.3) is 0 Å². The number of hydrogen-bond acceptors (Lipinski definition) is 0. The van der Waals surface area contributed by atoms with E-state index in [2.05, 4.69) is 105 Å². The Labute approximate surface area is 341 Å². The van der Waals surface area contributed by atoms with Crippen LogP contribution in [0.2, 0.25) is 0 Å². The van der Waals surface area contributed by atoms with Crippen molar-refractivity contribution in [1.82, 2.24) is 0 Å². The molecule has 1 unspecified atom stereocenters. The predicted molar refractivity (Wildman–Crippen MR) is 217 cm³/mol. The second kappa shape index (κ2) is 42.0. The van der Waals surface area contributed by atoms with Gasteiger partial charge in [-0.2, -0.15) is 19.3 Å². The van der Waals surface area contributed by atoms with Gasteiger partial charge in [0.1, 0.15) is 0 Å². The molecular formula is C46H82K-. The molecule has 0 saturated heterocycles. The van der Waals surface area contributed by atoms with Crippen molar-refractivity contribution in [3.05, 3.63) is 96.4 Å². The van der Waals surface area contributed by atoms with E-state index >= 15 is 0 Å². The van der Waals surface area contributed by atoms with Crippen LogP contribution in [0, 0.1) is 19.3 Å². The standard InChI is InChI=1S/C23H39.C17H27.2C2H6.C2H4.K/c1-5-6-7-8-14-22-16-18-23(19-17-22)15-10-13-21(4)12-9-11-20(2)3;1-15(2)9-7-10-16(3)11-8-14-17-12-5-4-6-13-17;3*1-2;/h11,13,18,22H,1,5-10,12,14-17,19H2,2-4H3;4,9,11-12H,5-8,10,13-14H2,1-3H3;2*1-2H3;1-2H2;/q2*-1;;;;+1/b21-13+;16-11+;;;;. The van der Waals surface area contributed by atoms with E-state index in [0.29, 0.717) is 0 Å². The van der Waals surface area contributed by atoms with Crippen LogP contribution in [0.1, 0.15) is 191 Å². The average Bonchev–Trinajstić information content (AvgIpc) is 3.07. The zero-order valence-corrected chi connectivity index (χ0v) is 37.3. The Morgan fingerprint density at radius 1 is 0.723 bits per heavy atom. The van der Waals surface area contributed by atoms with Crippen molar-refractivity contribution < 1.29 is 51.4 Å². The average molecular weight is 674 g/mol. The predicted octanol–water partition coefficient (Wildman–Crippen LogP) is 13.6. The first-order valence-corrected chi connectivity index (χ1v) is 19.3. The molecule has 0 aromatic heterocycles. The van der Waals surface area contributed by atoms with Gasteiger partial charge >= 0.3 is 51.4 Å². The Hall–Kier alpha value is -0.184. The van der Waals surface area contributed by atoms with Crippen molar-refractivity contribution in [3.8, 4) is 0 Å². The van der Waals surface area contributed by atoms with Crippen LogP contribution in [0.25, 0.3) is 0 Å². The van der Waals surface area contributed by atoms with E-state index in [0.717, 1.165) is 12.3 Å². The third kappa shape index (κ3) is 38.5. The molecule has 2 rings (SSSR count). The Morgan fingerprint density at radius 2 is 1.23 bits per heavy atom. The summed E-state index contributed by atoms with van der Waals surface area (Å²) in [6.45, 7) is 31.2. The summed E-state index contributed by atoms with van der Waals surface area (Å²) in [6, 6.07) is 0. The van der Waals surface area contributed by atoms with Gasteiger partial charge in [0.2, 0.25) is 0 Å². The Balaban J connectivity index is -0.000000342.